The number of benzene rings is 2. The van der Waals surface area contributed by atoms with Crippen LogP contribution in [-0.2, 0) is 6.54 Å². The van der Waals surface area contributed by atoms with E-state index >= 15 is 0 Å². The SMILES string of the molecule is CCCCn1nc(-c2ccc(OC)cc2)c(-c2ccc(OC)cc2)c(C(N)=O)c1=O. The number of primary amides is 1. The van der Waals surface area contributed by atoms with Crippen LogP contribution in [0.15, 0.2) is 53.3 Å². The number of unbranched alkanes of at least 4 members (excludes halogenated alkanes) is 1. The van der Waals surface area contributed by atoms with Crippen molar-refractivity contribution in [3.05, 3.63) is 64.4 Å². The van der Waals surface area contributed by atoms with Crippen molar-refractivity contribution in [2.75, 3.05) is 14.2 Å². The molecule has 0 fully saturated rings. The van der Waals surface area contributed by atoms with Crippen molar-refractivity contribution in [2.24, 2.45) is 5.73 Å². The maximum atomic E-state index is 13.1. The summed E-state index contributed by atoms with van der Waals surface area (Å²) >= 11 is 0. The molecule has 3 aromatic rings. The number of amides is 1. The minimum absolute atomic E-state index is 0.0721. The number of rotatable bonds is 8. The predicted octanol–water partition coefficient (Wildman–Crippen LogP) is 3.49. The molecule has 0 unspecified atom stereocenters. The van der Waals surface area contributed by atoms with E-state index in [0.717, 1.165) is 18.4 Å². The van der Waals surface area contributed by atoms with Crippen LogP contribution in [0.5, 0.6) is 11.5 Å². The Hall–Kier alpha value is -3.61. The number of nitrogens with two attached hydrogens (primary N) is 1. The molecule has 1 amide bonds. The second-order valence-corrected chi connectivity index (χ2v) is 6.80. The fourth-order valence-corrected chi connectivity index (χ4v) is 3.25. The van der Waals surface area contributed by atoms with E-state index in [0.29, 0.717) is 34.9 Å². The van der Waals surface area contributed by atoms with Crippen molar-refractivity contribution in [1.82, 2.24) is 9.78 Å². The van der Waals surface area contributed by atoms with E-state index in [-0.39, 0.29) is 5.56 Å². The summed E-state index contributed by atoms with van der Waals surface area (Å²) < 4.78 is 11.8. The zero-order valence-corrected chi connectivity index (χ0v) is 17.3. The molecule has 0 atom stereocenters. The topological polar surface area (TPSA) is 96.4 Å². The van der Waals surface area contributed by atoms with Crippen molar-refractivity contribution >= 4 is 5.91 Å². The number of methoxy groups -OCH3 is 2. The van der Waals surface area contributed by atoms with Crippen LogP contribution in [0.1, 0.15) is 30.1 Å². The molecule has 1 aromatic heterocycles. The molecule has 0 saturated heterocycles. The Balaban J connectivity index is 2.33. The Morgan fingerprint density at radius 3 is 1.97 bits per heavy atom. The summed E-state index contributed by atoms with van der Waals surface area (Å²) in [6, 6.07) is 14.4. The van der Waals surface area contributed by atoms with Gasteiger partial charge in [0.1, 0.15) is 17.1 Å². The highest BCUT2D eigenvalue weighted by Crippen LogP contribution is 2.33. The molecule has 0 saturated carbocycles. The molecule has 0 spiro atoms. The van der Waals surface area contributed by atoms with Gasteiger partial charge in [-0.3, -0.25) is 9.59 Å². The lowest BCUT2D eigenvalue weighted by atomic mass is 9.95. The van der Waals surface area contributed by atoms with Gasteiger partial charge in [-0.25, -0.2) is 4.68 Å². The fraction of sp³-hybridized carbons (Fsp3) is 0.261. The Kier molecular flexibility index (Phi) is 6.51. The van der Waals surface area contributed by atoms with Gasteiger partial charge in [0.15, 0.2) is 0 Å². The molecule has 2 N–H and O–H groups in total. The molecule has 0 radical (unpaired) electrons. The number of ether oxygens (including phenoxy) is 2. The number of hydrogen-bond acceptors (Lipinski definition) is 5. The van der Waals surface area contributed by atoms with Crippen molar-refractivity contribution in [3.8, 4) is 33.9 Å². The molecule has 3 rings (SSSR count). The summed E-state index contributed by atoms with van der Waals surface area (Å²) in [4.78, 5) is 25.5. The molecule has 0 aliphatic carbocycles. The lowest BCUT2D eigenvalue weighted by molar-refractivity contribution is 0.0998. The molecule has 0 bridgehead atoms. The molecule has 0 aliphatic heterocycles. The van der Waals surface area contributed by atoms with Gasteiger partial charge in [-0.05, 0) is 48.4 Å². The lowest BCUT2D eigenvalue weighted by Gasteiger charge is -2.16. The van der Waals surface area contributed by atoms with Crippen LogP contribution in [-0.4, -0.2) is 29.9 Å². The first-order valence-corrected chi connectivity index (χ1v) is 9.73. The number of aryl methyl sites for hydroxylation is 1. The zero-order valence-electron chi connectivity index (χ0n) is 17.3. The predicted molar refractivity (Wildman–Crippen MR) is 116 cm³/mol. The van der Waals surface area contributed by atoms with Crippen LogP contribution in [0.4, 0.5) is 0 Å². The first-order valence-electron chi connectivity index (χ1n) is 9.73. The molecular formula is C23H25N3O4. The van der Waals surface area contributed by atoms with E-state index in [1.807, 2.05) is 19.1 Å². The van der Waals surface area contributed by atoms with Gasteiger partial charge in [-0.1, -0.05) is 25.5 Å². The van der Waals surface area contributed by atoms with Gasteiger partial charge >= 0.3 is 0 Å². The van der Waals surface area contributed by atoms with Gasteiger partial charge in [0.05, 0.1) is 19.9 Å². The van der Waals surface area contributed by atoms with Crippen LogP contribution in [0.25, 0.3) is 22.4 Å². The monoisotopic (exact) mass is 407 g/mol. The van der Waals surface area contributed by atoms with Crippen molar-refractivity contribution < 1.29 is 14.3 Å². The van der Waals surface area contributed by atoms with Crippen LogP contribution >= 0.6 is 0 Å². The third-order valence-corrected chi connectivity index (χ3v) is 4.87. The average Bonchev–Trinajstić information content (AvgIpc) is 2.77. The number of carbonyl (C=O) groups is 1. The molecule has 1 heterocycles. The first kappa shape index (κ1) is 21.1. The highest BCUT2D eigenvalue weighted by molar-refractivity contribution is 6.02. The Morgan fingerprint density at radius 2 is 1.50 bits per heavy atom. The van der Waals surface area contributed by atoms with Gasteiger partial charge in [0, 0.05) is 17.7 Å². The van der Waals surface area contributed by atoms with Gasteiger partial charge < -0.3 is 15.2 Å². The van der Waals surface area contributed by atoms with Gasteiger partial charge in [0.2, 0.25) is 0 Å². The van der Waals surface area contributed by atoms with E-state index in [9.17, 15) is 9.59 Å². The van der Waals surface area contributed by atoms with Crippen LogP contribution in [0, 0.1) is 0 Å². The smallest absolute Gasteiger partial charge is 0.280 e. The molecule has 156 valence electrons. The molecular weight excluding hydrogens is 382 g/mol. The van der Waals surface area contributed by atoms with E-state index < -0.39 is 11.5 Å². The zero-order chi connectivity index (χ0) is 21.7. The van der Waals surface area contributed by atoms with Crippen LogP contribution in [0.3, 0.4) is 0 Å². The minimum atomic E-state index is -0.784. The molecule has 0 aliphatic rings. The fourth-order valence-electron chi connectivity index (χ4n) is 3.25. The molecule has 2 aromatic carbocycles. The van der Waals surface area contributed by atoms with Crippen molar-refractivity contribution in [3.63, 3.8) is 0 Å². The van der Waals surface area contributed by atoms with E-state index in [2.05, 4.69) is 5.10 Å². The second-order valence-electron chi connectivity index (χ2n) is 6.80. The molecule has 7 nitrogen and oxygen atoms in total. The van der Waals surface area contributed by atoms with Gasteiger partial charge in [-0.2, -0.15) is 5.10 Å². The standard InChI is InChI=1S/C23H25N3O4/c1-4-5-14-26-23(28)20(22(24)27)19(15-6-10-17(29-2)11-7-15)21(25-26)16-8-12-18(30-3)13-9-16/h6-13H,4-5,14H2,1-3H3,(H2,24,27). The summed E-state index contributed by atoms with van der Waals surface area (Å²) in [5.74, 6) is 0.571. The summed E-state index contributed by atoms with van der Waals surface area (Å²) in [5.41, 5.74) is 7.43. The third-order valence-electron chi connectivity index (χ3n) is 4.87. The third kappa shape index (κ3) is 4.20. The Bertz CT molecular complexity index is 1090. The summed E-state index contributed by atoms with van der Waals surface area (Å²) in [6.45, 7) is 2.43. The summed E-state index contributed by atoms with van der Waals surface area (Å²) in [7, 11) is 3.16. The highest BCUT2D eigenvalue weighted by atomic mass is 16.5. The minimum Gasteiger partial charge on any atom is -0.497 e. The largest absolute Gasteiger partial charge is 0.497 e. The summed E-state index contributed by atoms with van der Waals surface area (Å²) in [6.07, 6.45) is 1.65. The van der Waals surface area contributed by atoms with E-state index in [4.69, 9.17) is 15.2 Å². The van der Waals surface area contributed by atoms with Gasteiger partial charge in [0.25, 0.3) is 11.5 Å². The molecule has 7 heteroatoms. The number of aromatic nitrogens is 2. The number of hydrogen-bond donors (Lipinski definition) is 1. The summed E-state index contributed by atoms with van der Waals surface area (Å²) in [5, 5.41) is 4.62. The highest BCUT2D eigenvalue weighted by Gasteiger charge is 2.23. The number of nitrogens with zero attached hydrogens (tertiary/aromatic N) is 2. The number of carbonyl (C=O) groups excluding carboxylic acids is 1. The van der Waals surface area contributed by atoms with Crippen molar-refractivity contribution in [2.45, 2.75) is 26.3 Å². The maximum Gasteiger partial charge on any atom is 0.280 e. The maximum absolute atomic E-state index is 13.1. The average molecular weight is 407 g/mol. The second kappa shape index (κ2) is 9.26. The first-order chi connectivity index (χ1) is 14.5. The van der Waals surface area contributed by atoms with Crippen LogP contribution < -0.4 is 20.8 Å². The quantitative estimate of drug-likeness (QED) is 0.617. The van der Waals surface area contributed by atoms with Gasteiger partial charge in [-0.15, -0.1) is 0 Å². The van der Waals surface area contributed by atoms with Crippen molar-refractivity contribution in [1.29, 1.82) is 0 Å². The normalized spacial score (nSPS) is 10.6. The van der Waals surface area contributed by atoms with E-state index in [1.165, 1.54) is 4.68 Å². The van der Waals surface area contributed by atoms with Crippen LogP contribution in [0.2, 0.25) is 0 Å². The molecule has 30 heavy (non-hydrogen) atoms. The Labute approximate surface area is 175 Å². The van der Waals surface area contributed by atoms with E-state index in [1.54, 1.807) is 50.6 Å². The Morgan fingerprint density at radius 1 is 0.967 bits per heavy atom. The lowest BCUT2D eigenvalue weighted by Crippen LogP contribution is -2.33.